The number of nitrogens with zero attached hydrogens (tertiary/aromatic N) is 4. The van der Waals surface area contributed by atoms with Gasteiger partial charge in [0, 0.05) is 11.7 Å². The van der Waals surface area contributed by atoms with Crippen LogP contribution < -0.4 is 5.32 Å². The van der Waals surface area contributed by atoms with E-state index in [9.17, 15) is 9.18 Å². The van der Waals surface area contributed by atoms with Gasteiger partial charge in [0.05, 0.1) is 11.8 Å². The van der Waals surface area contributed by atoms with Crippen molar-refractivity contribution in [2.24, 2.45) is 16.7 Å². The number of benzene rings is 1. The van der Waals surface area contributed by atoms with Gasteiger partial charge in [-0.2, -0.15) is 0 Å². The van der Waals surface area contributed by atoms with E-state index in [1.54, 1.807) is 12.1 Å². The summed E-state index contributed by atoms with van der Waals surface area (Å²) >= 11 is 1.41. The third-order valence-corrected chi connectivity index (χ3v) is 10.4. The largest absolute Gasteiger partial charge is 0.352 e. The Hall–Kier alpha value is -1.93. The first kappa shape index (κ1) is 24.8. The summed E-state index contributed by atoms with van der Waals surface area (Å²) in [6.07, 6.45) is 7.16. The Morgan fingerprint density at radius 2 is 1.89 bits per heavy atom. The lowest BCUT2D eigenvalue weighted by atomic mass is 9.69. The summed E-state index contributed by atoms with van der Waals surface area (Å²) in [6.45, 7) is 11.3. The van der Waals surface area contributed by atoms with Gasteiger partial charge in [0.2, 0.25) is 5.91 Å². The lowest BCUT2D eigenvalue weighted by molar-refractivity contribution is -0.120. The molecule has 1 aliphatic heterocycles. The highest BCUT2D eigenvalue weighted by Gasteiger charge is 2.61. The van der Waals surface area contributed by atoms with Gasteiger partial charge >= 0.3 is 0 Å². The van der Waals surface area contributed by atoms with Crippen LogP contribution in [0.3, 0.4) is 0 Å². The van der Waals surface area contributed by atoms with Gasteiger partial charge in [-0.25, -0.2) is 4.39 Å². The molecular weight excluding hydrogens is 461 g/mol. The topological polar surface area (TPSA) is 63.1 Å². The Balaban J connectivity index is 1.32. The number of piperidine rings is 1. The number of halogens is 1. The second-order valence-corrected chi connectivity index (χ2v) is 12.4. The average Bonchev–Trinajstić information content (AvgIpc) is 3.43. The van der Waals surface area contributed by atoms with Gasteiger partial charge in [-0.3, -0.25) is 14.3 Å². The zero-order valence-corrected chi connectivity index (χ0v) is 22.2. The molecule has 3 fully saturated rings. The number of rotatable bonds is 7. The Kier molecular flexibility index (Phi) is 6.72. The quantitative estimate of drug-likeness (QED) is 0.519. The minimum absolute atomic E-state index is 0.0452. The monoisotopic (exact) mass is 499 g/mol. The van der Waals surface area contributed by atoms with Crippen LogP contribution in [0.5, 0.6) is 0 Å². The predicted molar refractivity (Wildman–Crippen MR) is 137 cm³/mol. The fraction of sp³-hybridized carbons (Fsp3) is 0.667. The second-order valence-electron chi connectivity index (χ2n) is 11.4. The van der Waals surface area contributed by atoms with Gasteiger partial charge < -0.3 is 5.32 Å². The van der Waals surface area contributed by atoms with Crippen LogP contribution in [0.1, 0.15) is 78.1 Å². The zero-order valence-electron chi connectivity index (χ0n) is 21.4. The molecule has 2 aromatic rings. The highest BCUT2D eigenvalue weighted by Crippen LogP contribution is 2.65. The van der Waals surface area contributed by atoms with Gasteiger partial charge in [0.25, 0.3) is 0 Å². The number of fused-ring (bicyclic) bond motifs is 2. The number of aromatic nitrogens is 3. The standard InChI is InChI=1S/C27H38FN5OS/c1-18(32-14-6-5-7-15-32)24-30-31-25(33(24)21-10-8-20(28)9-11-21)35-17-23(34)29-22-16-19-12-13-27(22,4)26(19,2)3/h8-11,18-19,22H,5-7,12-17H2,1-4H3,(H,29,34)/t18-,19+,22+,27+/m0/s1. The van der Waals surface area contributed by atoms with Crippen molar-refractivity contribution in [2.45, 2.75) is 83.5 Å². The van der Waals surface area contributed by atoms with Gasteiger partial charge in [-0.15, -0.1) is 10.2 Å². The Morgan fingerprint density at radius 1 is 1.17 bits per heavy atom. The molecule has 0 radical (unpaired) electrons. The maximum absolute atomic E-state index is 13.7. The summed E-state index contributed by atoms with van der Waals surface area (Å²) in [5, 5.41) is 13.1. The maximum Gasteiger partial charge on any atom is 0.230 e. The van der Waals surface area contributed by atoms with Crippen LogP contribution in [0.2, 0.25) is 0 Å². The number of amides is 1. The molecule has 6 nitrogen and oxygen atoms in total. The zero-order chi connectivity index (χ0) is 24.8. The number of hydrogen-bond donors (Lipinski definition) is 1. The molecule has 35 heavy (non-hydrogen) atoms. The number of nitrogens with one attached hydrogen (secondary N) is 1. The van der Waals surface area contributed by atoms with Crippen molar-refractivity contribution < 1.29 is 9.18 Å². The minimum Gasteiger partial charge on any atom is -0.352 e. The van der Waals surface area contributed by atoms with E-state index in [1.807, 2.05) is 4.57 Å². The highest BCUT2D eigenvalue weighted by molar-refractivity contribution is 7.99. The predicted octanol–water partition coefficient (Wildman–Crippen LogP) is 5.38. The van der Waals surface area contributed by atoms with E-state index >= 15 is 0 Å². The summed E-state index contributed by atoms with van der Waals surface area (Å²) in [5.41, 5.74) is 1.24. The van der Waals surface area contributed by atoms with Gasteiger partial charge in [0.15, 0.2) is 11.0 Å². The van der Waals surface area contributed by atoms with E-state index in [2.05, 4.69) is 48.1 Å². The van der Waals surface area contributed by atoms with E-state index in [0.717, 1.165) is 31.0 Å². The van der Waals surface area contributed by atoms with Crippen LogP contribution in [-0.4, -0.2) is 50.5 Å². The first-order valence-electron chi connectivity index (χ1n) is 13.1. The Bertz CT molecular complexity index is 1060. The minimum atomic E-state index is -0.275. The molecule has 0 spiro atoms. The van der Waals surface area contributed by atoms with Crippen molar-refractivity contribution in [2.75, 3.05) is 18.8 Å². The fourth-order valence-corrected chi connectivity index (χ4v) is 7.51. The lowest BCUT2D eigenvalue weighted by Crippen LogP contribution is -2.47. The van der Waals surface area contributed by atoms with E-state index in [1.165, 1.54) is 56.0 Å². The van der Waals surface area contributed by atoms with Crippen molar-refractivity contribution in [3.8, 4) is 5.69 Å². The Morgan fingerprint density at radius 3 is 2.51 bits per heavy atom. The van der Waals surface area contributed by atoms with Crippen molar-refractivity contribution in [1.82, 2.24) is 25.0 Å². The molecule has 1 aromatic heterocycles. The average molecular weight is 500 g/mol. The molecule has 1 amide bonds. The summed E-state index contributed by atoms with van der Waals surface area (Å²) in [6, 6.07) is 6.76. The summed E-state index contributed by atoms with van der Waals surface area (Å²) < 4.78 is 15.7. The number of thioether (sulfide) groups is 1. The molecule has 190 valence electrons. The van der Waals surface area contributed by atoms with Crippen molar-refractivity contribution >= 4 is 17.7 Å². The first-order chi connectivity index (χ1) is 16.7. The van der Waals surface area contributed by atoms with Crippen molar-refractivity contribution in [1.29, 1.82) is 0 Å². The third-order valence-electron chi connectivity index (χ3n) is 9.52. The van der Waals surface area contributed by atoms with E-state index in [-0.39, 0.29) is 40.4 Å². The molecule has 5 rings (SSSR count). The highest BCUT2D eigenvalue weighted by atomic mass is 32.2. The summed E-state index contributed by atoms with van der Waals surface area (Å²) in [5.74, 6) is 1.58. The molecule has 8 heteroatoms. The molecule has 1 aromatic carbocycles. The summed E-state index contributed by atoms with van der Waals surface area (Å²) in [4.78, 5) is 15.5. The van der Waals surface area contributed by atoms with E-state index in [0.29, 0.717) is 11.1 Å². The fourth-order valence-electron chi connectivity index (χ4n) is 6.74. The number of likely N-dealkylation sites (tertiary alicyclic amines) is 1. The normalized spacial score (nSPS) is 28.8. The van der Waals surface area contributed by atoms with Crippen LogP contribution in [0.4, 0.5) is 4.39 Å². The molecule has 4 atom stereocenters. The smallest absolute Gasteiger partial charge is 0.230 e. The first-order valence-corrected chi connectivity index (χ1v) is 14.1. The molecule has 1 saturated heterocycles. The van der Waals surface area contributed by atoms with Crippen LogP contribution in [0.25, 0.3) is 5.69 Å². The second kappa shape index (κ2) is 9.51. The molecule has 2 saturated carbocycles. The van der Waals surface area contributed by atoms with Crippen LogP contribution in [-0.2, 0) is 4.79 Å². The van der Waals surface area contributed by atoms with Crippen LogP contribution >= 0.6 is 11.8 Å². The van der Waals surface area contributed by atoms with Gasteiger partial charge in [-0.05, 0) is 93.1 Å². The van der Waals surface area contributed by atoms with E-state index in [4.69, 9.17) is 0 Å². The number of carbonyl (C=O) groups excluding carboxylic acids is 1. The molecule has 2 aliphatic carbocycles. The number of carbonyl (C=O) groups is 1. The van der Waals surface area contributed by atoms with Crippen LogP contribution in [0.15, 0.2) is 29.4 Å². The lowest BCUT2D eigenvalue weighted by Gasteiger charge is -2.39. The molecule has 3 aliphatic rings. The third kappa shape index (κ3) is 4.41. The summed E-state index contributed by atoms with van der Waals surface area (Å²) in [7, 11) is 0. The van der Waals surface area contributed by atoms with Crippen molar-refractivity contribution in [3.63, 3.8) is 0 Å². The molecule has 1 N–H and O–H groups in total. The Labute approximate surface area is 212 Å². The van der Waals surface area contributed by atoms with E-state index < -0.39 is 0 Å². The molecular formula is C27H38FN5OS. The SMILES string of the molecule is C[C@@H](c1nnc(SCC(=O)N[C@@H]2C[C@H]3CC[C@@]2(C)C3(C)C)n1-c1ccc(F)cc1)N1CCCCC1. The van der Waals surface area contributed by atoms with Gasteiger partial charge in [-0.1, -0.05) is 39.0 Å². The van der Waals surface area contributed by atoms with Crippen LogP contribution in [0, 0.1) is 22.6 Å². The molecule has 2 heterocycles. The van der Waals surface area contributed by atoms with Crippen molar-refractivity contribution in [3.05, 3.63) is 35.9 Å². The van der Waals surface area contributed by atoms with Gasteiger partial charge in [0.1, 0.15) is 5.82 Å². The molecule has 0 unspecified atom stereocenters. The molecule has 2 bridgehead atoms. The maximum atomic E-state index is 13.7. The number of hydrogen-bond acceptors (Lipinski definition) is 5.